The molecule has 0 saturated heterocycles. The van der Waals surface area contributed by atoms with Crippen LogP contribution in [0.2, 0.25) is 0 Å². The molecule has 0 aliphatic rings. The van der Waals surface area contributed by atoms with Gasteiger partial charge in [-0.3, -0.25) is 0 Å². The van der Waals surface area contributed by atoms with E-state index in [1.807, 2.05) is 0 Å². The number of carbonyl (C=O) groups is 1. The number of benzene rings is 1. The highest BCUT2D eigenvalue weighted by molar-refractivity contribution is 5.99. The predicted molar refractivity (Wildman–Crippen MR) is 58.2 cm³/mol. The molecule has 0 radical (unpaired) electrons. The maximum absolute atomic E-state index is 11.3. The summed E-state index contributed by atoms with van der Waals surface area (Å²) in [6.07, 6.45) is 0. The Morgan fingerprint density at radius 2 is 2.06 bits per heavy atom. The van der Waals surface area contributed by atoms with Crippen molar-refractivity contribution in [3.05, 3.63) is 41.5 Å². The molecule has 0 atom stereocenters. The molecule has 0 spiro atoms. The smallest absolute Gasteiger partial charge is 0.352 e. The van der Waals surface area contributed by atoms with E-state index in [1.165, 1.54) is 0 Å². The summed E-state index contributed by atoms with van der Waals surface area (Å²) in [6.45, 7) is 1.79. The van der Waals surface area contributed by atoms with E-state index in [4.69, 9.17) is 5.26 Å². The highest BCUT2D eigenvalue weighted by Gasteiger charge is 2.17. The van der Waals surface area contributed by atoms with Crippen molar-refractivity contribution in [2.24, 2.45) is 0 Å². The summed E-state index contributed by atoms with van der Waals surface area (Å²) in [6, 6.07) is 10.0. The molecule has 0 unspecified atom stereocenters. The Morgan fingerprint density at radius 1 is 1.44 bits per heavy atom. The summed E-state index contributed by atoms with van der Waals surface area (Å²) in [7, 11) is 0. The lowest BCUT2D eigenvalue weighted by atomic mass is 10.1. The van der Waals surface area contributed by atoms with Crippen molar-refractivity contribution in [3.63, 3.8) is 0 Å². The van der Waals surface area contributed by atoms with E-state index in [0.717, 1.165) is 0 Å². The summed E-state index contributed by atoms with van der Waals surface area (Å²) in [5.41, 5.74) is 0.0279. The molecule has 82 valence electrons. The zero-order valence-corrected chi connectivity index (χ0v) is 8.80. The van der Waals surface area contributed by atoms with Gasteiger partial charge in [-0.05, 0) is 6.92 Å². The third-order valence-corrected chi connectivity index (χ3v) is 1.88. The van der Waals surface area contributed by atoms with Gasteiger partial charge >= 0.3 is 5.97 Å². The maximum Gasteiger partial charge on any atom is 0.352 e. The van der Waals surface area contributed by atoms with Crippen molar-refractivity contribution in [1.29, 1.82) is 5.26 Å². The molecular weight excluding hydrogens is 206 g/mol. The number of nitrogens with zero attached hydrogens (tertiary/aromatic N) is 1. The molecule has 0 aliphatic heterocycles. The number of esters is 1. The molecule has 0 amide bonds. The van der Waals surface area contributed by atoms with Gasteiger partial charge in [0.05, 0.1) is 6.61 Å². The number of hydrogen-bond donors (Lipinski definition) is 1. The number of rotatable bonds is 3. The second-order valence-electron chi connectivity index (χ2n) is 2.92. The van der Waals surface area contributed by atoms with Crippen molar-refractivity contribution >= 4 is 11.7 Å². The fourth-order valence-corrected chi connectivity index (χ4v) is 1.14. The number of hydrogen-bond acceptors (Lipinski definition) is 4. The normalized spacial score (nSPS) is 11.2. The summed E-state index contributed by atoms with van der Waals surface area (Å²) < 4.78 is 4.66. The van der Waals surface area contributed by atoms with Crippen LogP contribution in [0.1, 0.15) is 12.5 Å². The summed E-state index contributed by atoms with van der Waals surface area (Å²) in [4.78, 5) is 11.3. The van der Waals surface area contributed by atoms with Gasteiger partial charge < -0.3 is 9.84 Å². The predicted octanol–water partition coefficient (Wildman–Crippen LogP) is 2.04. The average Bonchev–Trinajstić information content (AvgIpc) is 2.31. The van der Waals surface area contributed by atoms with E-state index in [-0.39, 0.29) is 17.9 Å². The Labute approximate surface area is 93.4 Å². The topological polar surface area (TPSA) is 70.3 Å². The molecule has 0 fully saturated rings. The molecular formula is C12H11NO3. The third-order valence-electron chi connectivity index (χ3n) is 1.88. The lowest BCUT2D eigenvalue weighted by Crippen LogP contribution is -2.08. The summed E-state index contributed by atoms with van der Waals surface area (Å²) >= 11 is 0. The van der Waals surface area contributed by atoms with Crippen molar-refractivity contribution in [2.45, 2.75) is 6.92 Å². The van der Waals surface area contributed by atoms with Crippen molar-refractivity contribution < 1.29 is 14.6 Å². The van der Waals surface area contributed by atoms with E-state index in [1.54, 1.807) is 43.3 Å². The monoisotopic (exact) mass is 217 g/mol. The Kier molecular flexibility index (Phi) is 4.10. The number of aliphatic hydroxyl groups is 1. The molecule has 4 heteroatoms. The zero-order valence-electron chi connectivity index (χ0n) is 8.80. The minimum atomic E-state index is -0.814. The molecule has 0 bridgehead atoms. The minimum absolute atomic E-state index is 0.159. The molecule has 0 aromatic heterocycles. The fraction of sp³-hybridized carbons (Fsp3) is 0.167. The molecule has 0 heterocycles. The van der Waals surface area contributed by atoms with Gasteiger partial charge in [-0.1, -0.05) is 30.3 Å². The first-order valence-electron chi connectivity index (χ1n) is 4.76. The average molecular weight is 217 g/mol. The quantitative estimate of drug-likeness (QED) is 0.364. The number of aliphatic hydroxyl groups excluding tert-OH is 1. The Hall–Kier alpha value is -2.28. The number of ether oxygens (including phenoxy) is 1. The van der Waals surface area contributed by atoms with Gasteiger partial charge in [0, 0.05) is 5.56 Å². The highest BCUT2D eigenvalue weighted by Crippen LogP contribution is 2.16. The van der Waals surface area contributed by atoms with E-state index < -0.39 is 5.97 Å². The summed E-state index contributed by atoms with van der Waals surface area (Å²) in [5.74, 6) is -1.17. The van der Waals surface area contributed by atoms with Gasteiger partial charge in [0.25, 0.3) is 0 Å². The van der Waals surface area contributed by atoms with Gasteiger partial charge in [0.1, 0.15) is 11.8 Å². The van der Waals surface area contributed by atoms with E-state index in [0.29, 0.717) is 5.56 Å². The number of carbonyl (C=O) groups excluding carboxylic acids is 1. The Bertz CT molecular complexity index is 443. The van der Waals surface area contributed by atoms with Crippen LogP contribution in [0.4, 0.5) is 0 Å². The first-order chi connectivity index (χ1) is 7.70. The minimum Gasteiger partial charge on any atom is -0.506 e. The van der Waals surface area contributed by atoms with Crippen LogP contribution in [-0.4, -0.2) is 17.7 Å². The first-order valence-corrected chi connectivity index (χ1v) is 4.76. The fourth-order valence-electron chi connectivity index (χ4n) is 1.14. The SMILES string of the molecule is CCOC(=O)/C(C#N)=C(\O)c1ccccc1. The van der Waals surface area contributed by atoms with Crippen molar-refractivity contribution in [3.8, 4) is 6.07 Å². The lowest BCUT2D eigenvalue weighted by molar-refractivity contribution is -0.138. The van der Waals surface area contributed by atoms with Crippen LogP contribution in [0, 0.1) is 11.3 Å². The largest absolute Gasteiger partial charge is 0.506 e. The molecule has 1 aromatic carbocycles. The molecule has 0 saturated carbocycles. The molecule has 1 rings (SSSR count). The van der Waals surface area contributed by atoms with E-state index in [2.05, 4.69) is 4.74 Å². The molecule has 0 aliphatic carbocycles. The van der Waals surface area contributed by atoms with Crippen LogP contribution >= 0.6 is 0 Å². The second kappa shape index (κ2) is 5.56. The zero-order chi connectivity index (χ0) is 12.0. The summed E-state index contributed by atoms with van der Waals surface area (Å²) in [5, 5.41) is 18.5. The molecule has 16 heavy (non-hydrogen) atoms. The lowest BCUT2D eigenvalue weighted by Gasteiger charge is -2.03. The third kappa shape index (κ3) is 2.61. The number of nitriles is 1. The van der Waals surface area contributed by atoms with Gasteiger partial charge in [0.2, 0.25) is 0 Å². The van der Waals surface area contributed by atoms with E-state index in [9.17, 15) is 9.90 Å². The van der Waals surface area contributed by atoms with Crippen LogP contribution in [0.15, 0.2) is 35.9 Å². The molecule has 4 nitrogen and oxygen atoms in total. The Morgan fingerprint density at radius 3 is 2.56 bits per heavy atom. The van der Waals surface area contributed by atoms with Crippen LogP contribution in [0.3, 0.4) is 0 Å². The maximum atomic E-state index is 11.3. The first kappa shape index (κ1) is 11.8. The molecule has 1 N–H and O–H groups in total. The van der Waals surface area contributed by atoms with Crippen LogP contribution in [0.5, 0.6) is 0 Å². The van der Waals surface area contributed by atoms with Crippen molar-refractivity contribution in [2.75, 3.05) is 6.61 Å². The van der Waals surface area contributed by atoms with Gasteiger partial charge in [-0.25, -0.2) is 4.79 Å². The van der Waals surface area contributed by atoms with Gasteiger partial charge in [0.15, 0.2) is 5.57 Å². The molecule has 1 aromatic rings. The van der Waals surface area contributed by atoms with Crippen LogP contribution in [0.25, 0.3) is 5.76 Å². The van der Waals surface area contributed by atoms with E-state index >= 15 is 0 Å². The van der Waals surface area contributed by atoms with Crippen LogP contribution < -0.4 is 0 Å². The Balaban J connectivity index is 3.11. The highest BCUT2D eigenvalue weighted by atomic mass is 16.5. The van der Waals surface area contributed by atoms with Crippen molar-refractivity contribution in [1.82, 2.24) is 0 Å². The van der Waals surface area contributed by atoms with Gasteiger partial charge in [-0.2, -0.15) is 5.26 Å². The van der Waals surface area contributed by atoms with Gasteiger partial charge in [-0.15, -0.1) is 0 Å². The second-order valence-corrected chi connectivity index (χ2v) is 2.92. The van der Waals surface area contributed by atoms with Crippen LogP contribution in [-0.2, 0) is 9.53 Å². The standard InChI is InChI=1S/C12H11NO3/c1-2-16-12(15)10(8-13)11(14)9-6-4-3-5-7-9/h3-7,14H,2H2,1H3/b11-10-.